The van der Waals surface area contributed by atoms with Gasteiger partial charge in [0.2, 0.25) is 6.79 Å². The largest absolute Gasteiger partial charge is 0.497 e. The molecule has 0 saturated heterocycles. The third-order valence-corrected chi connectivity index (χ3v) is 4.00. The van der Waals surface area contributed by atoms with Crippen molar-refractivity contribution in [3.05, 3.63) is 48.0 Å². The van der Waals surface area contributed by atoms with E-state index in [4.69, 9.17) is 18.9 Å². The minimum Gasteiger partial charge on any atom is -0.497 e. The summed E-state index contributed by atoms with van der Waals surface area (Å²) in [4.78, 5) is 17.4. The molecule has 0 radical (unpaired) electrons. The smallest absolute Gasteiger partial charge is 0.336 e. The molecule has 1 aliphatic rings. The Morgan fingerprint density at radius 3 is 2.85 bits per heavy atom. The lowest BCUT2D eigenvalue weighted by Gasteiger charge is -2.07. The Bertz CT molecular complexity index is 999. The van der Waals surface area contributed by atoms with E-state index in [2.05, 4.69) is 10.1 Å². The second-order valence-electron chi connectivity index (χ2n) is 5.67. The zero-order valence-electron chi connectivity index (χ0n) is 14.8. The molecule has 8 nitrogen and oxygen atoms in total. The number of hydrogen-bond acceptors (Lipinski definition) is 7. The minimum atomic E-state index is -0.347. The molecule has 138 valence electrons. The number of rotatable bonds is 5. The summed E-state index contributed by atoms with van der Waals surface area (Å²) in [6.07, 6.45) is 0. The molecule has 2 heterocycles. The molecule has 0 aliphatic carbocycles. The summed E-state index contributed by atoms with van der Waals surface area (Å²) in [6.45, 7) is 2.38. The van der Waals surface area contributed by atoms with Crippen LogP contribution in [-0.4, -0.2) is 41.2 Å². The van der Waals surface area contributed by atoms with E-state index in [1.807, 2.05) is 6.92 Å². The first-order valence-corrected chi connectivity index (χ1v) is 8.38. The van der Waals surface area contributed by atoms with Gasteiger partial charge in [-0.3, -0.25) is 4.79 Å². The third-order valence-electron chi connectivity index (χ3n) is 4.00. The first-order chi connectivity index (χ1) is 13.2. The quantitative estimate of drug-likeness (QED) is 0.685. The van der Waals surface area contributed by atoms with Gasteiger partial charge in [0.05, 0.1) is 13.7 Å². The van der Waals surface area contributed by atoms with Crippen molar-refractivity contribution in [3.63, 3.8) is 0 Å². The molecular weight excluding hydrogens is 350 g/mol. The summed E-state index contributed by atoms with van der Waals surface area (Å²) < 4.78 is 22.6. The highest BCUT2D eigenvalue weighted by Crippen LogP contribution is 2.36. The normalized spacial score (nSPS) is 12.1. The lowest BCUT2D eigenvalue weighted by molar-refractivity contribution is 0.0944. The maximum atomic E-state index is 13.1. The highest BCUT2D eigenvalue weighted by Gasteiger charge is 2.22. The molecule has 0 N–H and O–H groups in total. The topological polar surface area (TPSA) is 84.7 Å². The van der Waals surface area contributed by atoms with Gasteiger partial charge >= 0.3 is 6.01 Å². The zero-order chi connectivity index (χ0) is 18.8. The SMILES string of the molecule is CCOc1nc(-c2ccc3c(c2)OCO3)n(C(=O)c2cccc(OC)c2)n1. The van der Waals surface area contributed by atoms with Crippen molar-refractivity contribution in [2.75, 3.05) is 20.5 Å². The van der Waals surface area contributed by atoms with E-state index in [1.165, 1.54) is 4.68 Å². The summed E-state index contributed by atoms with van der Waals surface area (Å²) >= 11 is 0. The molecule has 1 aliphatic heterocycles. The van der Waals surface area contributed by atoms with Gasteiger partial charge in [0, 0.05) is 11.1 Å². The van der Waals surface area contributed by atoms with Gasteiger partial charge in [-0.1, -0.05) is 6.07 Å². The van der Waals surface area contributed by atoms with Crippen molar-refractivity contribution in [2.24, 2.45) is 0 Å². The lowest BCUT2D eigenvalue weighted by Crippen LogP contribution is -2.15. The van der Waals surface area contributed by atoms with Crippen LogP contribution in [0.4, 0.5) is 0 Å². The molecule has 0 bridgehead atoms. The average Bonchev–Trinajstić information content (AvgIpc) is 3.34. The van der Waals surface area contributed by atoms with E-state index in [0.29, 0.717) is 40.8 Å². The first kappa shape index (κ1) is 16.9. The van der Waals surface area contributed by atoms with Crippen molar-refractivity contribution in [3.8, 4) is 34.6 Å². The number of aromatic nitrogens is 3. The molecule has 1 aromatic heterocycles. The number of nitrogens with zero attached hydrogens (tertiary/aromatic N) is 3. The predicted octanol–water partition coefficient (Wildman–Crippen LogP) is 2.77. The first-order valence-electron chi connectivity index (χ1n) is 8.38. The van der Waals surface area contributed by atoms with Crippen LogP contribution in [0.1, 0.15) is 17.3 Å². The van der Waals surface area contributed by atoms with Crippen LogP contribution in [0.15, 0.2) is 42.5 Å². The zero-order valence-corrected chi connectivity index (χ0v) is 14.8. The fraction of sp³-hybridized carbons (Fsp3) is 0.211. The Morgan fingerprint density at radius 1 is 1.19 bits per heavy atom. The van der Waals surface area contributed by atoms with Gasteiger partial charge < -0.3 is 18.9 Å². The molecule has 27 heavy (non-hydrogen) atoms. The highest BCUT2D eigenvalue weighted by atomic mass is 16.7. The number of methoxy groups -OCH3 is 1. The van der Waals surface area contributed by atoms with Crippen LogP contribution in [0.5, 0.6) is 23.3 Å². The maximum absolute atomic E-state index is 13.1. The average molecular weight is 367 g/mol. The fourth-order valence-electron chi connectivity index (χ4n) is 2.73. The molecule has 0 spiro atoms. The Hall–Kier alpha value is -3.55. The van der Waals surface area contributed by atoms with E-state index in [9.17, 15) is 4.79 Å². The third kappa shape index (κ3) is 3.17. The number of benzene rings is 2. The molecule has 0 unspecified atom stereocenters. The molecule has 0 saturated carbocycles. The molecule has 3 aromatic rings. The number of carbonyl (C=O) groups is 1. The number of fused-ring (bicyclic) bond motifs is 1. The molecule has 0 amide bonds. The molecule has 4 rings (SSSR count). The summed E-state index contributed by atoms with van der Waals surface area (Å²) in [7, 11) is 1.55. The number of carbonyl (C=O) groups excluding carboxylic acids is 1. The highest BCUT2D eigenvalue weighted by molar-refractivity contribution is 5.97. The summed E-state index contributed by atoms with van der Waals surface area (Å²) in [5.41, 5.74) is 1.08. The van der Waals surface area contributed by atoms with Crippen LogP contribution in [-0.2, 0) is 0 Å². The van der Waals surface area contributed by atoms with Crippen molar-refractivity contribution in [1.29, 1.82) is 0 Å². The van der Waals surface area contributed by atoms with Gasteiger partial charge in [-0.25, -0.2) is 0 Å². The van der Waals surface area contributed by atoms with Gasteiger partial charge in [-0.05, 0) is 43.3 Å². The predicted molar refractivity (Wildman–Crippen MR) is 95.5 cm³/mol. The van der Waals surface area contributed by atoms with Crippen LogP contribution in [0.3, 0.4) is 0 Å². The van der Waals surface area contributed by atoms with E-state index < -0.39 is 0 Å². The maximum Gasteiger partial charge on any atom is 0.336 e. The Kier molecular flexibility index (Phi) is 4.37. The monoisotopic (exact) mass is 367 g/mol. The second-order valence-corrected chi connectivity index (χ2v) is 5.67. The van der Waals surface area contributed by atoms with E-state index in [-0.39, 0.29) is 18.7 Å². The van der Waals surface area contributed by atoms with Crippen LogP contribution >= 0.6 is 0 Å². The van der Waals surface area contributed by atoms with Crippen molar-refractivity contribution < 1.29 is 23.7 Å². The Labute approximate surface area is 155 Å². The van der Waals surface area contributed by atoms with Gasteiger partial charge in [0.25, 0.3) is 5.91 Å². The summed E-state index contributed by atoms with van der Waals surface area (Å²) in [5.74, 6) is 1.82. The molecule has 0 atom stereocenters. The van der Waals surface area contributed by atoms with Gasteiger partial charge in [0.1, 0.15) is 5.75 Å². The Morgan fingerprint density at radius 2 is 2.04 bits per heavy atom. The van der Waals surface area contributed by atoms with Gasteiger partial charge in [0.15, 0.2) is 17.3 Å². The van der Waals surface area contributed by atoms with Gasteiger partial charge in [-0.2, -0.15) is 9.67 Å². The van der Waals surface area contributed by atoms with Crippen LogP contribution in [0.2, 0.25) is 0 Å². The molecule has 2 aromatic carbocycles. The minimum absolute atomic E-state index is 0.126. The fourth-order valence-corrected chi connectivity index (χ4v) is 2.73. The van der Waals surface area contributed by atoms with Crippen LogP contribution < -0.4 is 18.9 Å². The van der Waals surface area contributed by atoms with Gasteiger partial charge in [-0.15, -0.1) is 5.10 Å². The number of ether oxygens (including phenoxy) is 4. The van der Waals surface area contributed by atoms with Crippen LogP contribution in [0.25, 0.3) is 11.4 Å². The second kappa shape index (κ2) is 6.99. The van der Waals surface area contributed by atoms with E-state index in [1.54, 1.807) is 49.6 Å². The van der Waals surface area contributed by atoms with Crippen LogP contribution in [0, 0.1) is 0 Å². The lowest BCUT2D eigenvalue weighted by atomic mass is 10.1. The van der Waals surface area contributed by atoms with E-state index >= 15 is 0 Å². The summed E-state index contributed by atoms with van der Waals surface area (Å²) in [5, 5.41) is 4.22. The van der Waals surface area contributed by atoms with E-state index in [0.717, 1.165) is 0 Å². The van der Waals surface area contributed by atoms with Crippen molar-refractivity contribution in [1.82, 2.24) is 14.8 Å². The molecular formula is C19H17N3O5. The van der Waals surface area contributed by atoms with Crippen molar-refractivity contribution in [2.45, 2.75) is 6.92 Å². The Balaban J connectivity index is 1.78. The number of hydrogen-bond donors (Lipinski definition) is 0. The standard InChI is InChI=1S/C19H17N3O5/c1-3-25-19-20-17(12-7-8-15-16(10-12)27-11-26-15)22(21-19)18(23)13-5-4-6-14(9-13)24-2/h4-10H,3,11H2,1-2H3. The molecule has 0 fully saturated rings. The van der Waals surface area contributed by atoms with Crippen molar-refractivity contribution >= 4 is 5.91 Å². The summed E-state index contributed by atoms with van der Waals surface area (Å²) in [6, 6.07) is 12.3. The molecule has 8 heteroatoms.